The quantitative estimate of drug-likeness (QED) is 0.679. The average Bonchev–Trinajstić information content (AvgIpc) is 2.75. The first-order valence-corrected chi connectivity index (χ1v) is 6.91. The molecule has 0 aliphatic carbocycles. The lowest BCUT2D eigenvalue weighted by Gasteiger charge is -1.98. The molecule has 3 heterocycles. The summed E-state index contributed by atoms with van der Waals surface area (Å²) < 4.78 is 1.25. The second-order valence-corrected chi connectivity index (χ2v) is 5.56. The van der Waals surface area contributed by atoms with Gasteiger partial charge in [0.25, 0.3) is 5.56 Å². The number of rotatable bonds is 2. The maximum absolute atomic E-state index is 12.4. The first kappa shape index (κ1) is 12.7. The van der Waals surface area contributed by atoms with Crippen LogP contribution in [0.2, 0.25) is 0 Å². The Labute approximate surface area is 119 Å². The highest BCUT2D eigenvalue weighted by atomic mass is 32.1. The van der Waals surface area contributed by atoms with Crippen molar-refractivity contribution in [1.29, 1.82) is 0 Å². The molecule has 0 fully saturated rings. The van der Waals surface area contributed by atoms with E-state index in [0.29, 0.717) is 11.1 Å². The summed E-state index contributed by atoms with van der Waals surface area (Å²) in [4.78, 5) is 22.7. The Balaban J connectivity index is 2.09. The van der Waals surface area contributed by atoms with Crippen LogP contribution in [0.25, 0.3) is 10.2 Å². The summed E-state index contributed by atoms with van der Waals surface area (Å²) >= 11 is 1.53. The van der Waals surface area contributed by atoms with Crippen molar-refractivity contribution in [1.82, 2.24) is 14.6 Å². The van der Waals surface area contributed by atoms with Gasteiger partial charge < -0.3 is 0 Å². The third kappa shape index (κ3) is 2.14. The van der Waals surface area contributed by atoms with Gasteiger partial charge in [0.2, 0.25) is 0 Å². The van der Waals surface area contributed by atoms with Crippen LogP contribution in [0.3, 0.4) is 0 Å². The van der Waals surface area contributed by atoms with Gasteiger partial charge in [-0.25, -0.2) is 4.98 Å². The highest BCUT2D eigenvalue weighted by Gasteiger charge is 2.11. The van der Waals surface area contributed by atoms with Crippen molar-refractivity contribution in [3.05, 3.63) is 57.2 Å². The van der Waals surface area contributed by atoms with Gasteiger partial charge in [-0.05, 0) is 31.5 Å². The number of pyridine rings is 1. The van der Waals surface area contributed by atoms with E-state index in [2.05, 4.69) is 15.1 Å². The Morgan fingerprint density at radius 3 is 2.90 bits per heavy atom. The van der Waals surface area contributed by atoms with Gasteiger partial charge in [0.15, 0.2) is 0 Å². The normalized spacial score (nSPS) is 11.5. The summed E-state index contributed by atoms with van der Waals surface area (Å²) in [6.45, 7) is 3.92. The fraction of sp³-hybridized carbons (Fsp3) is 0.143. The predicted molar refractivity (Wildman–Crippen MR) is 80.6 cm³/mol. The molecule has 3 rings (SSSR count). The minimum absolute atomic E-state index is 0.149. The maximum Gasteiger partial charge on any atom is 0.282 e. The van der Waals surface area contributed by atoms with Gasteiger partial charge in [-0.2, -0.15) is 9.78 Å². The minimum Gasteiger partial charge on any atom is -0.267 e. The molecule has 0 radical (unpaired) electrons. The Hall–Kier alpha value is -2.34. The number of aromatic nitrogens is 3. The van der Waals surface area contributed by atoms with Crippen LogP contribution in [0.15, 0.2) is 40.6 Å². The third-order valence-corrected chi connectivity index (χ3v) is 4.19. The van der Waals surface area contributed by atoms with Gasteiger partial charge in [-0.15, -0.1) is 11.3 Å². The van der Waals surface area contributed by atoms with Crippen LogP contribution in [-0.4, -0.2) is 20.9 Å². The number of fused-ring (bicyclic) bond motifs is 1. The van der Waals surface area contributed by atoms with Crippen LogP contribution in [0.4, 0.5) is 0 Å². The molecule has 0 aliphatic heterocycles. The van der Waals surface area contributed by atoms with E-state index >= 15 is 0 Å². The Morgan fingerprint density at radius 1 is 1.30 bits per heavy atom. The van der Waals surface area contributed by atoms with E-state index in [9.17, 15) is 4.79 Å². The topological polar surface area (TPSA) is 60.1 Å². The van der Waals surface area contributed by atoms with Crippen molar-refractivity contribution in [2.24, 2.45) is 5.10 Å². The lowest BCUT2D eigenvalue weighted by Crippen LogP contribution is -2.17. The van der Waals surface area contributed by atoms with Crippen LogP contribution in [0.1, 0.15) is 16.1 Å². The highest BCUT2D eigenvalue weighted by molar-refractivity contribution is 7.18. The fourth-order valence-electron chi connectivity index (χ4n) is 1.88. The molecule has 0 N–H and O–H groups in total. The largest absolute Gasteiger partial charge is 0.282 e. The molecular weight excluding hydrogens is 272 g/mol. The van der Waals surface area contributed by atoms with Gasteiger partial charge in [-0.1, -0.05) is 6.07 Å². The van der Waals surface area contributed by atoms with E-state index in [1.807, 2.05) is 32.0 Å². The summed E-state index contributed by atoms with van der Waals surface area (Å²) in [6.07, 6.45) is 4.67. The zero-order valence-electron chi connectivity index (χ0n) is 11.1. The van der Waals surface area contributed by atoms with Crippen molar-refractivity contribution in [3.8, 4) is 0 Å². The van der Waals surface area contributed by atoms with Gasteiger partial charge >= 0.3 is 0 Å². The van der Waals surface area contributed by atoms with Crippen molar-refractivity contribution in [3.63, 3.8) is 0 Å². The monoisotopic (exact) mass is 284 g/mol. The summed E-state index contributed by atoms with van der Waals surface area (Å²) in [6, 6.07) is 5.51. The van der Waals surface area contributed by atoms with Crippen LogP contribution < -0.4 is 5.56 Å². The molecule has 20 heavy (non-hydrogen) atoms. The molecule has 0 aromatic carbocycles. The van der Waals surface area contributed by atoms with Gasteiger partial charge in [0.05, 0.1) is 17.3 Å². The van der Waals surface area contributed by atoms with Crippen molar-refractivity contribution in [2.75, 3.05) is 0 Å². The predicted octanol–water partition coefficient (Wildman–Crippen LogP) is 2.35. The molecule has 6 heteroatoms. The summed E-state index contributed by atoms with van der Waals surface area (Å²) in [7, 11) is 0. The van der Waals surface area contributed by atoms with Gasteiger partial charge in [0, 0.05) is 11.1 Å². The first-order chi connectivity index (χ1) is 9.66. The molecule has 0 amide bonds. The summed E-state index contributed by atoms with van der Waals surface area (Å²) in [5, 5.41) is 4.78. The van der Waals surface area contributed by atoms with Gasteiger partial charge in [-0.3, -0.25) is 9.78 Å². The van der Waals surface area contributed by atoms with Crippen molar-refractivity contribution in [2.45, 2.75) is 13.8 Å². The molecule has 0 saturated carbocycles. The zero-order valence-corrected chi connectivity index (χ0v) is 11.9. The maximum atomic E-state index is 12.4. The second-order valence-electron chi connectivity index (χ2n) is 4.36. The van der Waals surface area contributed by atoms with E-state index in [1.165, 1.54) is 22.3 Å². The van der Waals surface area contributed by atoms with E-state index in [1.54, 1.807) is 12.4 Å². The fourth-order valence-corrected chi connectivity index (χ4v) is 2.87. The lowest BCUT2D eigenvalue weighted by atomic mass is 10.2. The lowest BCUT2D eigenvalue weighted by molar-refractivity contribution is 0.817. The van der Waals surface area contributed by atoms with E-state index < -0.39 is 0 Å². The molecule has 0 bridgehead atoms. The molecule has 0 spiro atoms. The first-order valence-electron chi connectivity index (χ1n) is 6.09. The third-order valence-electron chi connectivity index (χ3n) is 3.08. The van der Waals surface area contributed by atoms with Gasteiger partial charge in [0.1, 0.15) is 11.2 Å². The van der Waals surface area contributed by atoms with E-state index in [4.69, 9.17) is 0 Å². The van der Waals surface area contributed by atoms with Crippen LogP contribution in [0, 0.1) is 13.8 Å². The van der Waals surface area contributed by atoms with Crippen molar-refractivity contribution >= 4 is 27.8 Å². The molecule has 0 aliphatic rings. The highest BCUT2D eigenvalue weighted by Crippen LogP contribution is 2.25. The van der Waals surface area contributed by atoms with E-state index in [0.717, 1.165) is 15.3 Å². The molecule has 0 saturated heterocycles. The molecule has 3 aromatic heterocycles. The summed E-state index contributed by atoms with van der Waals surface area (Å²) in [5.74, 6) is 0. The molecular formula is C14H12N4OS. The van der Waals surface area contributed by atoms with Crippen LogP contribution >= 0.6 is 11.3 Å². The van der Waals surface area contributed by atoms with Crippen LogP contribution in [0.5, 0.6) is 0 Å². The number of nitrogens with zero attached hydrogens (tertiary/aromatic N) is 4. The Bertz CT molecular complexity index is 849. The standard InChI is InChI=1S/C14H12N4OS/c1-9-10(2)20-13-12(9)14(19)18(8-16-13)17-7-11-5-3-4-6-15-11/h3-8H,1-2H3/b17-7+. The zero-order chi connectivity index (χ0) is 14.1. The van der Waals surface area contributed by atoms with E-state index in [-0.39, 0.29) is 5.56 Å². The number of thiophene rings is 1. The Morgan fingerprint density at radius 2 is 2.15 bits per heavy atom. The SMILES string of the molecule is Cc1sc2ncn(/N=C/c3ccccn3)c(=O)c2c1C. The van der Waals surface area contributed by atoms with Crippen molar-refractivity contribution < 1.29 is 0 Å². The average molecular weight is 284 g/mol. The summed E-state index contributed by atoms with van der Waals surface area (Å²) in [5.41, 5.74) is 1.52. The number of aryl methyl sites for hydroxylation is 2. The second kappa shape index (κ2) is 4.97. The smallest absolute Gasteiger partial charge is 0.267 e. The number of hydrogen-bond donors (Lipinski definition) is 0. The molecule has 100 valence electrons. The molecule has 5 nitrogen and oxygen atoms in total. The number of hydrogen-bond acceptors (Lipinski definition) is 5. The molecule has 3 aromatic rings. The van der Waals surface area contributed by atoms with Crippen LogP contribution in [-0.2, 0) is 0 Å². The Kier molecular flexibility index (Phi) is 3.15. The molecule has 0 atom stereocenters. The minimum atomic E-state index is -0.149. The molecule has 0 unspecified atom stereocenters.